The summed E-state index contributed by atoms with van der Waals surface area (Å²) in [5, 5.41) is 2.73. The number of amides is 1. The molecule has 0 aliphatic heterocycles. The molecule has 3 aromatic rings. The first-order valence-corrected chi connectivity index (χ1v) is 11.7. The first-order chi connectivity index (χ1) is 15.1. The van der Waals surface area contributed by atoms with Crippen molar-refractivity contribution < 1.29 is 18.0 Å². The zero-order valence-electron chi connectivity index (χ0n) is 18.3. The van der Waals surface area contributed by atoms with Crippen molar-refractivity contribution in [2.75, 3.05) is 10.0 Å². The Morgan fingerprint density at radius 1 is 0.750 bits per heavy atom. The van der Waals surface area contributed by atoms with Crippen molar-refractivity contribution in [2.45, 2.75) is 38.5 Å². The summed E-state index contributed by atoms with van der Waals surface area (Å²) in [6, 6.07) is 18.6. The van der Waals surface area contributed by atoms with Gasteiger partial charge in [-0.15, -0.1) is 0 Å². The average Bonchev–Trinajstić information content (AvgIpc) is 2.75. The molecule has 0 saturated carbocycles. The number of hydrogen-bond donors (Lipinski definition) is 2. The topological polar surface area (TPSA) is 92.3 Å². The molecule has 0 saturated heterocycles. The van der Waals surface area contributed by atoms with Crippen LogP contribution in [-0.4, -0.2) is 20.1 Å². The van der Waals surface area contributed by atoms with Crippen LogP contribution in [0.1, 0.15) is 39.9 Å². The van der Waals surface area contributed by atoms with Crippen LogP contribution in [0.15, 0.2) is 71.6 Å². The number of aryl methyl sites for hydroxylation is 3. The maximum atomic E-state index is 12.5. The van der Waals surface area contributed by atoms with E-state index in [-0.39, 0.29) is 29.4 Å². The van der Waals surface area contributed by atoms with Gasteiger partial charge < -0.3 is 5.32 Å². The minimum absolute atomic E-state index is 0.0635. The number of carbonyl (C=O) groups is 2. The van der Waals surface area contributed by atoms with E-state index in [9.17, 15) is 18.0 Å². The molecule has 0 heterocycles. The molecule has 7 heteroatoms. The van der Waals surface area contributed by atoms with Crippen LogP contribution >= 0.6 is 0 Å². The second-order valence-corrected chi connectivity index (χ2v) is 9.47. The summed E-state index contributed by atoms with van der Waals surface area (Å²) >= 11 is 0. The van der Waals surface area contributed by atoms with Gasteiger partial charge >= 0.3 is 0 Å². The highest BCUT2D eigenvalue weighted by Gasteiger charge is 2.15. The van der Waals surface area contributed by atoms with Gasteiger partial charge in [-0.05, 0) is 68.8 Å². The summed E-state index contributed by atoms with van der Waals surface area (Å²) in [4.78, 5) is 24.9. The van der Waals surface area contributed by atoms with E-state index < -0.39 is 10.0 Å². The number of hydrogen-bond acceptors (Lipinski definition) is 4. The highest BCUT2D eigenvalue weighted by molar-refractivity contribution is 7.92. The van der Waals surface area contributed by atoms with Crippen LogP contribution in [0, 0.1) is 20.8 Å². The van der Waals surface area contributed by atoms with Gasteiger partial charge in [-0.1, -0.05) is 35.4 Å². The molecule has 0 aliphatic rings. The molecule has 0 bridgehead atoms. The molecule has 2 N–H and O–H groups in total. The Bertz CT molecular complexity index is 1230. The summed E-state index contributed by atoms with van der Waals surface area (Å²) in [6.45, 7) is 5.69. The van der Waals surface area contributed by atoms with Gasteiger partial charge in [-0.2, -0.15) is 0 Å². The Hall–Kier alpha value is -3.45. The van der Waals surface area contributed by atoms with E-state index in [0.29, 0.717) is 16.9 Å². The number of ketones is 1. The largest absolute Gasteiger partial charge is 0.326 e. The van der Waals surface area contributed by atoms with Crippen LogP contribution in [0.4, 0.5) is 11.4 Å². The van der Waals surface area contributed by atoms with Gasteiger partial charge in [0, 0.05) is 29.8 Å². The zero-order valence-corrected chi connectivity index (χ0v) is 19.1. The molecule has 3 aromatic carbocycles. The smallest absolute Gasteiger partial charge is 0.261 e. The van der Waals surface area contributed by atoms with E-state index >= 15 is 0 Å². The van der Waals surface area contributed by atoms with Gasteiger partial charge in [0.1, 0.15) is 0 Å². The summed E-state index contributed by atoms with van der Waals surface area (Å²) in [7, 11) is -3.69. The van der Waals surface area contributed by atoms with Gasteiger partial charge in [0.05, 0.1) is 4.90 Å². The van der Waals surface area contributed by atoms with E-state index in [2.05, 4.69) is 10.0 Å². The number of rotatable bonds is 8. The van der Waals surface area contributed by atoms with Crippen molar-refractivity contribution in [2.24, 2.45) is 0 Å². The number of nitrogens with one attached hydrogen (secondary N) is 2. The molecular weight excluding hydrogens is 424 g/mol. The number of carbonyl (C=O) groups excluding carboxylic acids is 2. The molecule has 32 heavy (non-hydrogen) atoms. The Kier molecular flexibility index (Phi) is 7.10. The van der Waals surface area contributed by atoms with Gasteiger partial charge in [0.2, 0.25) is 5.91 Å². The Balaban J connectivity index is 1.56. The monoisotopic (exact) mass is 450 g/mol. The highest BCUT2D eigenvalue weighted by Crippen LogP contribution is 2.19. The fraction of sp³-hybridized carbons (Fsp3) is 0.200. The van der Waals surface area contributed by atoms with Crippen LogP contribution in [0.2, 0.25) is 0 Å². The quantitative estimate of drug-likeness (QED) is 0.472. The Morgan fingerprint density at radius 3 is 2.00 bits per heavy atom. The minimum atomic E-state index is -3.69. The van der Waals surface area contributed by atoms with E-state index in [1.54, 1.807) is 48.5 Å². The lowest BCUT2D eigenvalue weighted by Crippen LogP contribution is -2.15. The van der Waals surface area contributed by atoms with E-state index in [1.807, 2.05) is 39.0 Å². The van der Waals surface area contributed by atoms with Gasteiger partial charge in [0.15, 0.2) is 5.78 Å². The van der Waals surface area contributed by atoms with E-state index in [4.69, 9.17) is 0 Å². The first kappa shape index (κ1) is 23.2. The van der Waals surface area contributed by atoms with Gasteiger partial charge in [0.25, 0.3) is 10.0 Å². The predicted octanol–water partition coefficient (Wildman–Crippen LogP) is 5.01. The predicted molar refractivity (Wildman–Crippen MR) is 127 cm³/mol. The van der Waals surface area contributed by atoms with E-state index in [0.717, 1.165) is 16.7 Å². The maximum absolute atomic E-state index is 12.5. The fourth-order valence-corrected chi connectivity index (χ4v) is 4.23. The second kappa shape index (κ2) is 9.78. The third-order valence-corrected chi connectivity index (χ3v) is 6.42. The molecule has 1 amide bonds. The van der Waals surface area contributed by atoms with Crippen molar-refractivity contribution in [3.63, 3.8) is 0 Å². The molecule has 166 valence electrons. The molecular formula is C25H26N2O4S. The summed E-state index contributed by atoms with van der Waals surface area (Å²) in [5.74, 6) is -0.348. The van der Waals surface area contributed by atoms with Crippen LogP contribution in [0.25, 0.3) is 0 Å². The molecule has 0 aromatic heterocycles. The standard InChI is InChI=1S/C25H26N2O4S/c1-17-5-12-22(13-6-17)32(30,31)27-21-10-8-20(9-11-21)26-25(29)15-14-24(28)23-16-18(2)4-7-19(23)3/h4-13,16,27H,14-15H2,1-3H3,(H,26,29). The SMILES string of the molecule is Cc1ccc(S(=O)(=O)Nc2ccc(NC(=O)CCC(=O)c3cc(C)ccc3C)cc2)cc1. The third kappa shape index (κ3) is 6.04. The van der Waals surface area contributed by atoms with Crippen molar-refractivity contribution in [3.8, 4) is 0 Å². The first-order valence-electron chi connectivity index (χ1n) is 10.2. The number of benzene rings is 3. The molecule has 0 radical (unpaired) electrons. The minimum Gasteiger partial charge on any atom is -0.326 e. The number of Topliss-reactive ketones (excluding diaryl/α,β-unsaturated/α-hetero) is 1. The van der Waals surface area contributed by atoms with Crippen LogP contribution in [0.3, 0.4) is 0 Å². The van der Waals surface area contributed by atoms with Crippen molar-refractivity contribution in [3.05, 3.63) is 89.0 Å². The van der Waals surface area contributed by atoms with Crippen LogP contribution < -0.4 is 10.0 Å². The summed E-state index contributed by atoms with van der Waals surface area (Å²) in [5.41, 5.74) is 4.41. The lowest BCUT2D eigenvalue weighted by Gasteiger charge is -2.10. The van der Waals surface area contributed by atoms with Crippen molar-refractivity contribution in [1.82, 2.24) is 0 Å². The Morgan fingerprint density at radius 2 is 1.34 bits per heavy atom. The lowest BCUT2D eigenvalue weighted by molar-refractivity contribution is -0.116. The van der Waals surface area contributed by atoms with Gasteiger partial charge in [-0.25, -0.2) is 8.42 Å². The lowest BCUT2D eigenvalue weighted by atomic mass is 9.99. The second-order valence-electron chi connectivity index (χ2n) is 7.79. The number of sulfonamides is 1. The fourth-order valence-electron chi connectivity index (χ4n) is 3.17. The molecule has 3 rings (SSSR count). The third-order valence-electron chi connectivity index (χ3n) is 5.02. The molecule has 0 atom stereocenters. The van der Waals surface area contributed by atoms with Crippen LogP contribution in [0.5, 0.6) is 0 Å². The van der Waals surface area contributed by atoms with Crippen molar-refractivity contribution in [1.29, 1.82) is 0 Å². The average molecular weight is 451 g/mol. The van der Waals surface area contributed by atoms with Crippen LogP contribution in [-0.2, 0) is 14.8 Å². The maximum Gasteiger partial charge on any atom is 0.261 e. The van der Waals surface area contributed by atoms with Crippen molar-refractivity contribution >= 4 is 33.1 Å². The molecule has 0 aliphatic carbocycles. The summed E-state index contributed by atoms with van der Waals surface area (Å²) in [6.07, 6.45) is 0.179. The molecule has 0 unspecified atom stereocenters. The highest BCUT2D eigenvalue weighted by atomic mass is 32.2. The van der Waals surface area contributed by atoms with Gasteiger partial charge in [-0.3, -0.25) is 14.3 Å². The molecule has 0 spiro atoms. The normalized spacial score (nSPS) is 11.1. The zero-order chi connectivity index (χ0) is 23.3. The molecule has 0 fully saturated rings. The molecule has 6 nitrogen and oxygen atoms in total. The Labute approximate surface area is 188 Å². The summed E-state index contributed by atoms with van der Waals surface area (Å²) < 4.78 is 27.5. The van der Waals surface area contributed by atoms with E-state index in [1.165, 1.54) is 0 Å². The number of anilines is 2.